The molecule has 0 unspecified atom stereocenters. The summed E-state index contributed by atoms with van der Waals surface area (Å²) in [6, 6.07) is 6.24. The molecule has 3 nitrogen and oxygen atoms in total. The van der Waals surface area contributed by atoms with Crippen molar-refractivity contribution in [1.82, 2.24) is 5.32 Å². The Morgan fingerprint density at radius 1 is 1.10 bits per heavy atom. The molecule has 2 rings (SSSR count). The van der Waals surface area contributed by atoms with E-state index in [9.17, 15) is 0 Å². The molecule has 1 aromatic rings. The van der Waals surface area contributed by atoms with Gasteiger partial charge in [-0.2, -0.15) is 0 Å². The summed E-state index contributed by atoms with van der Waals surface area (Å²) < 4.78 is 11.3. The van der Waals surface area contributed by atoms with Gasteiger partial charge < -0.3 is 14.8 Å². The molecule has 1 aliphatic rings. The highest BCUT2D eigenvalue weighted by molar-refractivity contribution is 5.43. The number of rotatable bonds is 7. The van der Waals surface area contributed by atoms with E-state index in [4.69, 9.17) is 9.47 Å². The monoisotopic (exact) mass is 277 g/mol. The van der Waals surface area contributed by atoms with Crippen LogP contribution in [0, 0.1) is 5.92 Å². The number of benzene rings is 1. The first kappa shape index (κ1) is 15.2. The zero-order valence-electron chi connectivity index (χ0n) is 12.8. The third-order valence-electron chi connectivity index (χ3n) is 3.53. The predicted octanol–water partition coefficient (Wildman–Crippen LogP) is 3.76. The molecule has 112 valence electrons. The fraction of sp³-hybridized carbons (Fsp3) is 0.647. The zero-order chi connectivity index (χ0) is 14.2. The highest BCUT2D eigenvalue weighted by atomic mass is 16.5. The van der Waals surface area contributed by atoms with E-state index < -0.39 is 0 Å². The predicted molar refractivity (Wildman–Crippen MR) is 82.4 cm³/mol. The second kappa shape index (κ2) is 8.15. The van der Waals surface area contributed by atoms with Gasteiger partial charge in [0.05, 0.1) is 13.2 Å². The van der Waals surface area contributed by atoms with Gasteiger partial charge in [0.1, 0.15) is 0 Å². The minimum absolute atomic E-state index is 0.749. The quantitative estimate of drug-likeness (QED) is 0.770. The summed E-state index contributed by atoms with van der Waals surface area (Å²) in [5.74, 6) is 2.58. The molecule has 20 heavy (non-hydrogen) atoms. The van der Waals surface area contributed by atoms with Crippen molar-refractivity contribution in [3.8, 4) is 11.5 Å². The van der Waals surface area contributed by atoms with E-state index in [-0.39, 0.29) is 0 Å². The third-order valence-corrected chi connectivity index (χ3v) is 3.53. The van der Waals surface area contributed by atoms with Crippen molar-refractivity contribution in [3.05, 3.63) is 23.8 Å². The number of hydrogen-bond donors (Lipinski definition) is 1. The van der Waals surface area contributed by atoms with Crippen LogP contribution in [0.25, 0.3) is 0 Å². The van der Waals surface area contributed by atoms with E-state index in [1.165, 1.54) is 24.8 Å². The largest absolute Gasteiger partial charge is 0.490 e. The molecule has 1 heterocycles. The normalized spacial score (nSPS) is 14.3. The second-order valence-corrected chi connectivity index (χ2v) is 5.90. The summed E-state index contributed by atoms with van der Waals surface area (Å²) in [6.07, 6.45) is 4.85. The van der Waals surface area contributed by atoms with E-state index >= 15 is 0 Å². The van der Waals surface area contributed by atoms with Crippen LogP contribution in [0.2, 0.25) is 0 Å². The first-order valence-electron chi connectivity index (χ1n) is 7.85. The molecule has 0 bridgehead atoms. The minimum atomic E-state index is 0.749. The van der Waals surface area contributed by atoms with Gasteiger partial charge in [0.2, 0.25) is 0 Å². The van der Waals surface area contributed by atoms with Gasteiger partial charge in [-0.1, -0.05) is 32.8 Å². The van der Waals surface area contributed by atoms with Gasteiger partial charge in [-0.05, 0) is 36.6 Å². The Kier molecular flexibility index (Phi) is 6.19. The topological polar surface area (TPSA) is 30.5 Å². The Morgan fingerprint density at radius 2 is 1.90 bits per heavy atom. The maximum Gasteiger partial charge on any atom is 0.161 e. The highest BCUT2D eigenvalue weighted by Gasteiger charge is 2.10. The molecule has 0 amide bonds. The fourth-order valence-corrected chi connectivity index (χ4v) is 2.35. The zero-order valence-corrected chi connectivity index (χ0v) is 12.8. The van der Waals surface area contributed by atoms with Crippen LogP contribution in [-0.2, 0) is 6.54 Å². The van der Waals surface area contributed by atoms with Crippen molar-refractivity contribution in [3.63, 3.8) is 0 Å². The van der Waals surface area contributed by atoms with E-state index in [1.54, 1.807) is 0 Å². The third kappa shape index (κ3) is 5.04. The smallest absolute Gasteiger partial charge is 0.161 e. The van der Waals surface area contributed by atoms with Gasteiger partial charge in [-0.25, -0.2) is 0 Å². The molecule has 0 aliphatic carbocycles. The van der Waals surface area contributed by atoms with Crippen molar-refractivity contribution in [2.75, 3.05) is 19.8 Å². The Hall–Kier alpha value is -1.22. The molecule has 0 spiro atoms. The molecule has 1 aromatic carbocycles. The van der Waals surface area contributed by atoms with Crippen LogP contribution in [0.1, 0.15) is 45.1 Å². The summed E-state index contributed by atoms with van der Waals surface area (Å²) >= 11 is 0. The van der Waals surface area contributed by atoms with Crippen LogP contribution in [0.15, 0.2) is 18.2 Å². The van der Waals surface area contributed by atoms with Gasteiger partial charge in [0.25, 0.3) is 0 Å². The van der Waals surface area contributed by atoms with Crippen molar-refractivity contribution >= 4 is 0 Å². The number of hydrogen-bond acceptors (Lipinski definition) is 3. The lowest BCUT2D eigenvalue weighted by Gasteiger charge is -2.10. The van der Waals surface area contributed by atoms with Gasteiger partial charge in [-0.15, -0.1) is 0 Å². The van der Waals surface area contributed by atoms with Gasteiger partial charge >= 0.3 is 0 Å². The fourth-order valence-electron chi connectivity index (χ4n) is 2.35. The van der Waals surface area contributed by atoms with Crippen molar-refractivity contribution in [2.45, 2.75) is 46.1 Å². The molecule has 1 N–H and O–H groups in total. The molecule has 0 saturated carbocycles. The van der Waals surface area contributed by atoms with Gasteiger partial charge in [0, 0.05) is 13.0 Å². The molecule has 0 fully saturated rings. The van der Waals surface area contributed by atoms with E-state index in [1.807, 2.05) is 6.07 Å². The van der Waals surface area contributed by atoms with Crippen LogP contribution >= 0.6 is 0 Å². The number of fused-ring (bicyclic) bond motifs is 1. The lowest BCUT2D eigenvalue weighted by molar-refractivity contribution is 0.297. The number of ether oxygens (including phenoxy) is 2. The molecule has 3 heteroatoms. The Morgan fingerprint density at radius 3 is 2.70 bits per heavy atom. The Balaban J connectivity index is 1.72. The van der Waals surface area contributed by atoms with Crippen LogP contribution < -0.4 is 14.8 Å². The summed E-state index contributed by atoms with van der Waals surface area (Å²) in [7, 11) is 0. The maximum absolute atomic E-state index is 5.71. The summed E-state index contributed by atoms with van der Waals surface area (Å²) in [6.45, 7) is 8.05. The first-order chi connectivity index (χ1) is 9.75. The van der Waals surface area contributed by atoms with Crippen LogP contribution in [0.3, 0.4) is 0 Å². The van der Waals surface area contributed by atoms with Gasteiger partial charge in [0.15, 0.2) is 11.5 Å². The lowest BCUT2D eigenvalue weighted by Crippen LogP contribution is -2.14. The molecule has 0 radical (unpaired) electrons. The molecule has 1 aliphatic heterocycles. The summed E-state index contributed by atoms with van der Waals surface area (Å²) in [4.78, 5) is 0. The van der Waals surface area contributed by atoms with Crippen LogP contribution in [0.5, 0.6) is 11.5 Å². The first-order valence-corrected chi connectivity index (χ1v) is 7.85. The minimum Gasteiger partial charge on any atom is -0.490 e. The Bertz CT molecular complexity index is 404. The molecule has 0 saturated heterocycles. The van der Waals surface area contributed by atoms with Gasteiger partial charge in [-0.3, -0.25) is 0 Å². The number of unbranched alkanes of at least 4 members (excludes halogenated alkanes) is 1. The SMILES string of the molecule is CC(C)CCCCNCc1ccc2c(c1)OCCCO2. The van der Waals surface area contributed by atoms with Crippen LogP contribution in [0.4, 0.5) is 0 Å². The number of nitrogens with one attached hydrogen (secondary N) is 1. The lowest BCUT2D eigenvalue weighted by atomic mass is 10.1. The van der Waals surface area contributed by atoms with E-state index in [2.05, 4.69) is 31.3 Å². The standard InChI is InChI=1S/C17H27NO2/c1-14(2)6-3-4-9-18-13-15-7-8-16-17(12-15)20-11-5-10-19-16/h7-8,12,14,18H,3-6,9-11,13H2,1-2H3. The van der Waals surface area contributed by atoms with Crippen LogP contribution in [-0.4, -0.2) is 19.8 Å². The summed E-state index contributed by atoms with van der Waals surface area (Å²) in [5, 5.41) is 3.50. The average Bonchev–Trinajstić information content (AvgIpc) is 2.67. The van der Waals surface area contributed by atoms with Crippen molar-refractivity contribution < 1.29 is 9.47 Å². The highest BCUT2D eigenvalue weighted by Crippen LogP contribution is 2.30. The molecule has 0 atom stereocenters. The van der Waals surface area contributed by atoms with E-state index in [0.717, 1.165) is 50.1 Å². The second-order valence-electron chi connectivity index (χ2n) is 5.90. The molecule has 0 aromatic heterocycles. The summed E-state index contributed by atoms with van der Waals surface area (Å²) in [5.41, 5.74) is 1.26. The molecular formula is C17H27NO2. The van der Waals surface area contributed by atoms with E-state index in [0.29, 0.717) is 0 Å². The van der Waals surface area contributed by atoms with Crippen molar-refractivity contribution in [1.29, 1.82) is 0 Å². The Labute approximate surface area is 122 Å². The van der Waals surface area contributed by atoms with Crippen molar-refractivity contribution in [2.24, 2.45) is 5.92 Å². The molecular weight excluding hydrogens is 250 g/mol. The average molecular weight is 277 g/mol. The maximum atomic E-state index is 5.71.